The summed E-state index contributed by atoms with van der Waals surface area (Å²) in [6.45, 7) is 3.57. The molecule has 1 heterocycles. The molecule has 6 nitrogen and oxygen atoms in total. The number of nitrogens with zero attached hydrogens (tertiary/aromatic N) is 1. The van der Waals surface area contributed by atoms with E-state index in [2.05, 4.69) is 10.6 Å². The summed E-state index contributed by atoms with van der Waals surface area (Å²) in [5, 5.41) is 5.77. The second kappa shape index (κ2) is 9.39. The van der Waals surface area contributed by atoms with E-state index < -0.39 is 0 Å². The molecule has 2 aromatic rings. The van der Waals surface area contributed by atoms with Gasteiger partial charge in [0.2, 0.25) is 5.91 Å². The van der Waals surface area contributed by atoms with Crippen LogP contribution in [0.3, 0.4) is 0 Å². The summed E-state index contributed by atoms with van der Waals surface area (Å²) in [7, 11) is 0. The van der Waals surface area contributed by atoms with E-state index >= 15 is 0 Å². The van der Waals surface area contributed by atoms with Crippen LogP contribution in [0.1, 0.15) is 23.1 Å². The number of anilines is 2. The number of amides is 3. The molecule has 0 saturated carbocycles. The van der Waals surface area contributed by atoms with Gasteiger partial charge < -0.3 is 21.3 Å². The van der Waals surface area contributed by atoms with Gasteiger partial charge >= 0.3 is 6.03 Å². The first-order valence-corrected chi connectivity index (χ1v) is 8.80. The summed E-state index contributed by atoms with van der Waals surface area (Å²) >= 11 is 0. The van der Waals surface area contributed by atoms with E-state index in [1.807, 2.05) is 54.3 Å². The van der Waals surface area contributed by atoms with Gasteiger partial charge in [0.15, 0.2) is 0 Å². The Morgan fingerprint density at radius 3 is 2.56 bits per heavy atom. The van der Waals surface area contributed by atoms with Crippen molar-refractivity contribution < 1.29 is 9.59 Å². The molecule has 4 N–H and O–H groups in total. The Bertz CT molecular complexity index is 808. The molecule has 0 radical (unpaired) electrons. The SMILES string of the molecule is Cc1ccc(NC(=O)Nc2cccc3c2CCN(C(=O)CCN)C3)cc1.Cl. The van der Waals surface area contributed by atoms with E-state index in [1.54, 1.807) is 0 Å². The number of benzene rings is 2. The molecule has 0 fully saturated rings. The van der Waals surface area contributed by atoms with Crippen LogP contribution in [0.5, 0.6) is 0 Å². The molecule has 1 aliphatic rings. The molecule has 0 aliphatic carbocycles. The number of rotatable bonds is 4. The zero-order valence-electron chi connectivity index (χ0n) is 15.3. The number of hydrogen-bond donors (Lipinski definition) is 3. The van der Waals surface area contributed by atoms with E-state index in [4.69, 9.17) is 5.73 Å². The molecule has 0 spiro atoms. The smallest absolute Gasteiger partial charge is 0.323 e. The van der Waals surface area contributed by atoms with Crippen molar-refractivity contribution in [1.29, 1.82) is 0 Å². The summed E-state index contributed by atoms with van der Waals surface area (Å²) in [5.41, 5.74) is 10.3. The van der Waals surface area contributed by atoms with Crippen LogP contribution in [0.15, 0.2) is 42.5 Å². The van der Waals surface area contributed by atoms with Gasteiger partial charge in [0.25, 0.3) is 0 Å². The highest BCUT2D eigenvalue weighted by Crippen LogP contribution is 2.26. The van der Waals surface area contributed by atoms with Crippen molar-refractivity contribution in [2.24, 2.45) is 5.73 Å². The minimum atomic E-state index is -0.274. The molecule has 27 heavy (non-hydrogen) atoms. The quantitative estimate of drug-likeness (QED) is 0.750. The van der Waals surface area contributed by atoms with Crippen molar-refractivity contribution in [2.45, 2.75) is 26.3 Å². The van der Waals surface area contributed by atoms with Crippen molar-refractivity contribution >= 4 is 35.7 Å². The first-order chi connectivity index (χ1) is 12.6. The molecule has 0 atom stereocenters. The lowest BCUT2D eigenvalue weighted by atomic mass is 9.97. The van der Waals surface area contributed by atoms with E-state index in [9.17, 15) is 9.59 Å². The third-order valence-electron chi connectivity index (χ3n) is 4.53. The lowest BCUT2D eigenvalue weighted by molar-refractivity contribution is -0.131. The van der Waals surface area contributed by atoms with Crippen LogP contribution in [0.2, 0.25) is 0 Å². The van der Waals surface area contributed by atoms with Crippen molar-refractivity contribution in [3.05, 3.63) is 59.2 Å². The second-order valence-electron chi connectivity index (χ2n) is 6.49. The Morgan fingerprint density at radius 2 is 1.85 bits per heavy atom. The number of carbonyl (C=O) groups is 2. The van der Waals surface area contributed by atoms with Crippen LogP contribution in [0.25, 0.3) is 0 Å². The molecule has 1 aliphatic heterocycles. The normalized spacial score (nSPS) is 12.6. The molecule has 3 amide bonds. The van der Waals surface area contributed by atoms with Crippen molar-refractivity contribution in [1.82, 2.24) is 4.90 Å². The minimum absolute atomic E-state index is 0. The molecule has 0 saturated heterocycles. The fourth-order valence-corrected chi connectivity index (χ4v) is 3.14. The molecule has 2 aromatic carbocycles. The molecule has 0 bridgehead atoms. The Labute approximate surface area is 165 Å². The van der Waals surface area contributed by atoms with Gasteiger partial charge in [0, 0.05) is 37.4 Å². The summed E-state index contributed by atoms with van der Waals surface area (Å²) in [6.07, 6.45) is 1.08. The summed E-state index contributed by atoms with van der Waals surface area (Å²) in [4.78, 5) is 26.2. The number of nitrogens with two attached hydrogens (primary N) is 1. The summed E-state index contributed by atoms with van der Waals surface area (Å²) < 4.78 is 0. The maximum absolute atomic E-state index is 12.3. The van der Waals surface area contributed by atoms with E-state index in [1.165, 1.54) is 0 Å². The van der Waals surface area contributed by atoms with E-state index in [-0.39, 0.29) is 24.3 Å². The Hall–Kier alpha value is -2.57. The predicted octanol–water partition coefficient (Wildman–Crippen LogP) is 3.29. The number of aryl methyl sites for hydroxylation is 1. The highest BCUT2D eigenvalue weighted by molar-refractivity contribution is 6.00. The maximum atomic E-state index is 12.3. The highest BCUT2D eigenvalue weighted by atomic mass is 35.5. The van der Waals surface area contributed by atoms with Gasteiger partial charge in [0.05, 0.1) is 0 Å². The average molecular weight is 389 g/mol. The zero-order valence-corrected chi connectivity index (χ0v) is 16.1. The van der Waals surface area contributed by atoms with E-state index in [0.29, 0.717) is 32.5 Å². The van der Waals surface area contributed by atoms with Crippen molar-refractivity contribution in [2.75, 3.05) is 23.7 Å². The Balaban J connectivity index is 0.00000261. The molecule has 3 rings (SSSR count). The van der Waals surface area contributed by atoms with E-state index in [0.717, 1.165) is 28.1 Å². The fraction of sp³-hybridized carbons (Fsp3) is 0.300. The van der Waals surface area contributed by atoms with Crippen LogP contribution in [0, 0.1) is 6.92 Å². The summed E-state index contributed by atoms with van der Waals surface area (Å²) in [6, 6.07) is 13.2. The molecule has 0 unspecified atom stereocenters. The average Bonchev–Trinajstić information content (AvgIpc) is 2.63. The number of urea groups is 1. The van der Waals surface area contributed by atoms with Gasteiger partial charge in [0.1, 0.15) is 0 Å². The number of hydrogen-bond acceptors (Lipinski definition) is 3. The number of fused-ring (bicyclic) bond motifs is 1. The van der Waals surface area contributed by atoms with Crippen LogP contribution in [-0.2, 0) is 17.8 Å². The first kappa shape index (κ1) is 20.7. The molecule has 144 valence electrons. The topological polar surface area (TPSA) is 87.5 Å². The Morgan fingerprint density at radius 1 is 1.11 bits per heavy atom. The molecule has 0 aromatic heterocycles. The van der Waals surface area contributed by atoms with Gasteiger partial charge in [-0.2, -0.15) is 0 Å². The highest BCUT2D eigenvalue weighted by Gasteiger charge is 2.22. The third-order valence-corrected chi connectivity index (χ3v) is 4.53. The van der Waals surface area contributed by atoms with Crippen LogP contribution < -0.4 is 16.4 Å². The number of halogens is 1. The number of nitrogens with one attached hydrogen (secondary N) is 2. The second-order valence-corrected chi connectivity index (χ2v) is 6.49. The molecular weight excluding hydrogens is 364 g/mol. The minimum Gasteiger partial charge on any atom is -0.338 e. The monoisotopic (exact) mass is 388 g/mol. The lowest BCUT2D eigenvalue weighted by Crippen LogP contribution is -2.37. The molecular formula is C20H25ClN4O2. The van der Waals surface area contributed by atoms with Gasteiger partial charge in [-0.25, -0.2) is 4.79 Å². The van der Waals surface area contributed by atoms with Crippen molar-refractivity contribution in [3.8, 4) is 0 Å². The predicted molar refractivity (Wildman–Crippen MR) is 110 cm³/mol. The summed E-state index contributed by atoms with van der Waals surface area (Å²) in [5.74, 6) is 0.0774. The lowest BCUT2D eigenvalue weighted by Gasteiger charge is -2.30. The van der Waals surface area contributed by atoms with Crippen molar-refractivity contribution in [3.63, 3.8) is 0 Å². The third kappa shape index (κ3) is 5.21. The maximum Gasteiger partial charge on any atom is 0.323 e. The van der Waals surface area contributed by atoms with Gasteiger partial charge in [-0.05, 0) is 42.7 Å². The fourth-order valence-electron chi connectivity index (χ4n) is 3.14. The Kier molecular flexibility index (Phi) is 7.21. The van der Waals surface area contributed by atoms with Gasteiger partial charge in [-0.1, -0.05) is 29.8 Å². The zero-order chi connectivity index (χ0) is 18.5. The van der Waals surface area contributed by atoms with Crippen LogP contribution >= 0.6 is 12.4 Å². The largest absolute Gasteiger partial charge is 0.338 e. The standard InChI is InChI=1S/C20H24N4O2.ClH/c1-14-5-7-16(8-6-14)22-20(26)23-18-4-2-3-15-13-24(12-10-17(15)18)19(25)9-11-21;/h2-8H,9-13,21H2,1H3,(H2,22,23,26);1H. The number of carbonyl (C=O) groups excluding carboxylic acids is 2. The van der Waals surface area contributed by atoms with Crippen LogP contribution in [-0.4, -0.2) is 29.9 Å². The van der Waals surface area contributed by atoms with Crippen LogP contribution in [0.4, 0.5) is 16.2 Å². The first-order valence-electron chi connectivity index (χ1n) is 8.80. The molecule has 7 heteroatoms. The van der Waals surface area contributed by atoms with Gasteiger partial charge in [-0.15, -0.1) is 12.4 Å². The van der Waals surface area contributed by atoms with Gasteiger partial charge in [-0.3, -0.25) is 4.79 Å².